The Morgan fingerprint density at radius 2 is 1.79 bits per heavy atom. The average molecular weight is 250 g/mol. The average Bonchev–Trinajstić information content (AvgIpc) is 2.84. The molecule has 0 atom stereocenters. The molecule has 0 radical (unpaired) electrons. The number of aryl methyl sites for hydroxylation is 2. The van der Waals surface area contributed by atoms with E-state index in [1.54, 1.807) is 12.3 Å². The standard InChI is InChI=1S/C17H14O2/c1-11-7-8-13-5-3-4-6-15(13)16(11)17(18)14-9-10-19-12(14)2/h3-10H,1-2H3. The first kappa shape index (κ1) is 11.7. The van der Waals surface area contributed by atoms with E-state index in [-0.39, 0.29) is 5.78 Å². The molecule has 0 amide bonds. The van der Waals surface area contributed by atoms with Crippen molar-refractivity contribution in [3.05, 3.63) is 71.2 Å². The van der Waals surface area contributed by atoms with Gasteiger partial charge < -0.3 is 4.42 Å². The Morgan fingerprint density at radius 1 is 1.00 bits per heavy atom. The molecule has 3 rings (SSSR count). The van der Waals surface area contributed by atoms with E-state index in [9.17, 15) is 4.79 Å². The molecule has 0 bridgehead atoms. The zero-order chi connectivity index (χ0) is 13.4. The van der Waals surface area contributed by atoms with Gasteiger partial charge in [0.2, 0.25) is 0 Å². The molecule has 0 spiro atoms. The summed E-state index contributed by atoms with van der Waals surface area (Å²) in [5.74, 6) is 0.692. The van der Waals surface area contributed by atoms with Gasteiger partial charge in [-0.15, -0.1) is 0 Å². The molecule has 3 aromatic rings. The second kappa shape index (κ2) is 4.39. The van der Waals surface area contributed by atoms with E-state index in [2.05, 4.69) is 0 Å². The molecule has 0 aliphatic rings. The summed E-state index contributed by atoms with van der Waals surface area (Å²) in [6.07, 6.45) is 1.56. The number of fused-ring (bicyclic) bond motifs is 1. The minimum absolute atomic E-state index is 0.0283. The number of rotatable bonds is 2. The molecule has 0 saturated heterocycles. The zero-order valence-corrected chi connectivity index (χ0v) is 10.9. The van der Waals surface area contributed by atoms with Gasteiger partial charge in [-0.1, -0.05) is 36.4 Å². The Morgan fingerprint density at radius 3 is 2.53 bits per heavy atom. The summed E-state index contributed by atoms with van der Waals surface area (Å²) in [7, 11) is 0. The van der Waals surface area contributed by atoms with Gasteiger partial charge in [-0.25, -0.2) is 0 Å². The molecular formula is C17H14O2. The van der Waals surface area contributed by atoms with Crippen LogP contribution in [0.4, 0.5) is 0 Å². The Balaban J connectivity index is 2.28. The van der Waals surface area contributed by atoms with Crippen LogP contribution in [0, 0.1) is 13.8 Å². The molecule has 1 aromatic heterocycles. The van der Waals surface area contributed by atoms with E-state index in [1.165, 1.54) is 0 Å². The molecule has 0 fully saturated rings. The fourth-order valence-corrected chi connectivity index (χ4v) is 2.44. The first-order chi connectivity index (χ1) is 9.18. The second-order valence-corrected chi connectivity index (χ2v) is 4.70. The van der Waals surface area contributed by atoms with Gasteiger partial charge in [-0.05, 0) is 36.2 Å². The predicted octanol–water partition coefficient (Wildman–Crippen LogP) is 4.28. The zero-order valence-electron chi connectivity index (χ0n) is 10.9. The summed E-state index contributed by atoms with van der Waals surface area (Å²) in [6, 6.07) is 13.7. The van der Waals surface area contributed by atoms with Crippen LogP contribution in [-0.2, 0) is 0 Å². The topological polar surface area (TPSA) is 30.2 Å². The summed E-state index contributed by atoms with van der Waals surface area (Å²) in [5.41, 5.74) is 2.39. The summed E-state index contributed by atoms with van der Waals surface area (Å²) in [5, 5.41) is 2.07. The van der Waals surface area contributed by atoms with Crippen molar-refractivity contribution in [1.29, 1.82) is 0 Å². The van der Waals surface area contributed by atoms with Crippen LogP contribution in [0.5, 0.6) is 0 Å². The van der Waals surface area contributed by atoms with E-state index in [4.69, 9.17) is 4.42 Å². The lowest BCUT2D eigenvalue weighted by molar-refractivity contribution is 0.103. The molecule has 2 aromatic carbocycles. The largest absolute Gasteiger partial charge is 0.469 e. The van der Waals surface area contributed by atoms with Gasteiger partial charge in [0.1, 0.15) is 5.76 Å². The summed E-state index contributed by atoms with van der Waals surface area (Å²) in [6.45, 7) is 3.78. The molecule has 2 nitrogen and oxygen atoms in total. The van der Waals surface area contributed by atoms with E-state index >= 15 is 0 Å². The third-order valence-corrected chi connectivity index (χ3v) is 3.47. The molecule has 0 N–H and O–H groups in total. The number of hydrogen-bond acceptors (Lipinski definition) is 2. The Hall–Kier alpha value is -2.35. The van der Waals surface area contributed by atoms with E-state index < -0.39 is 0 Å². The highest BCUT2D eigenvalue weighted by molar-refractivity contribution is 6.17. The van der Waals surface area contributed by atoms with Gasteiger partial charge in [0.15, 0.2) is 5.78 Å². The summed E-state index contributed by atoms with van der Waals surface area (Å²) in [4.78, 5) is 12.7. The van der Waals surface area contributed by atoms with Gasteiger partial charge in [0.25, 0.3) is 0 Å². The number of benzene rings is 2. The van der Waals surface area contributed by atoms with Crippen LogP contribution in [0.25, 0.3) is 10.8 Å². The van der Waals surface area contributed by atoms with Crippen molar-refractivity contribution in [2.45, 2.75) is 13.8 Å². The van der Waals surface area contributed by atoms with Crippen LogP contribution < -0.4 is 0 Å². The maximum absolute atomic E-state index is 12.7. The van der Waals surface area contributed by atoms with Gasteiger partial charge in [0, 0.05) is 5.56 Å². The van der Waals surface area contributed by atoms with E-state index in [0.29, 0.717) is 11.3 Å². The third-order valence-electron chi connectivity index (χ3n) is 3.47. The molecule has 0 saturated carbocycles. The molecule has 94 valence electrons. The van der Waals surface area contributed by atoms with Crippen LogP contribution >= 0.6 is 0 Å². The predicted molar refractivity (Wildman–Crippen MR) is 75.6 cm³/mol. The minimum atomic E-state index is 0.0283. The maximum atomic E-state index is 12.7. The van der Waals surface area contributed by atoms with Crippen molar-refractivity contribution in [2.24, 2.45) is 0 Å². The molecule has 19 heavy (non-hydrogen) atoms. The lowest BCUT2D eigenvalue weighted by atomic mass is 9.93. The highest BCUT2D eigenvalue weighted by Crippen LogP contribution is 2.26. The molecular weight excluding hydrogens is 236 g/mol. The second-order valence-electron chi connectivity index (χ2n) is 4.70. The Bertz CT molecular complexity index is 766. The van der Waals surface area contributed by atoms with E-state index in [0.717, 1.165) is 21.9 Å². The fraction of sp³-hybridized carbons (Fsp3) is 0.118. The number of ketones is 1. The summed E-state index contributed by atoms with van der Waals surface area (Å²) < 4.78 is 5.24. The quantitative estimate of drug-likeness (QED) is 0.635. The normalized spacial score (nSPS) is 10.8. The SMILES string of the molecule is Cc1ccc2ccccc2c1C(=O)c1ccoc1C. The fourth-order valence-electron chi connectivity index (χ4n) is 2.44. The summed E-state index contributed by atoms with van der Waals surface area (Å²) >= 11 is 0. The number of furan rings is 1. The van der Waals surface area contributed by atoms with Crippen molar-refractivity contribution >= 4 is 16.6 Å². The molecule has 2 heteroatoms. The lowest BCUT2D eigenvalue weighted by Crippen LogP contribution is -2.05. The Labute approximate surface area is 111 Å². The van der Waals surface area contributed by atoms with Gasteiger partial charge in [-0.3, -0.25) is 4.79 Å². The molecule has 0 aliphatic heterocycles. The molecule has 0 unspecified atom stereocenters. The first-order valence-electron chi connectivity index (χ1n) is 6.25. The van der Waals surface area contributed by atoms with Crippen LogP contribution in [0.15, 0.2) is 53.1 Å². The van der Waals surface area contributed by atoms with Crippen molar-refractivity contribution < 1.29 is 9.21 Å². The van der Waals surface area contributed by atoms with Crippen LogP contribution in [0.1, 0.15) is 27.2 Å². The van der Waals surface area contributed by atoms with Crippen LogP contribution in [0.2, 0.25) is 0 Å². The number of hydrogen-bond donors (Lipinski definition) is 0. The maximum Gasteiger partial charge on any atom is 0.197 e. The highest BCUT2D eigenvalue weighted by atomic mass is 16.3. The van der Waals surface area contributed by atoms with Crippen LogP contribution in [0.3, 0.4) is 0 Å². The van der Waals surface area contributed by atoms with Gasteiger partial charge in [-0.2, -0.15) is 0 Å². The smallest absolute Gasteiger partial charge is 0.197 e. The Kier molecular flexibility index (Phi) is 2.71. The van der Waals surface area contributed by atoms with Gasteiger partial charge >= 0.3 is 0 Å². The number of carbonyl (C=O) groups excluding carboxylic acids is 1. The highest BCUT2D eigenvalue weighted by Gasteiger charge is 2.18. The minimum Gasteiger partial charge on any atom is -0.469 e. The first-order valence-corrected chi connectivity index (χ1v) is 6.25. The molecule has 0 aliphatic carbocycles. The van der Waals surface area contributed by atoms with Crippen molar-refractivity contribution in [3.63, 3.8) is 0 Å². The molecule has 1 heterocycles. The van der Waals surface area contributed by atoms with Crippen molar-refractivity contribution in [2.75, 3.05) is 0 Å². The van der Waals surface area contributed by atoms with E-state index in [1.807, 2.05) is 50.2 Å². The number of carbonyl (C=O) groups is 1. The van der Waals surface area contributed by atoms with Crippen LogP contribution in [-0.4, -0.2) is 5.78 Å². The van der Waals surface area contributed by atoms with Crippen molar-refractivity contribution in [3.8, 4) is 0 Å². The third kappa shape index (κ3) is 1.85. The van der Waals surface area contributed by atoms with Crippen molar-refractivity contribution in [1.82, 2.24) is 0 Å². The van der Waals surface area contributed by atoms with Gasteiger partial charge in [0.05, 0.1) is 11.8 Å². The monoisotopic (exact) mass is 250 g/mol. The lowest BCUT2D eigenvalue weighted by Gasteiger charge is -2.09.